The van der Waals surface area contributed by atoms with E-state index in [-0.39, 0.29) is 29.0 Å². The van der Waals surface area contributed by atoms with Crippen molar-refractivity contribution in [2.45, 2.75) is 18.9 Å². The first kappa shape index (κ1) is 19.7. The van der Waals surface area contributed by atoms with Crippen molar-refractivity contribution in [3.05, 3.63) is 70.7 Å². The Kier molecular flexibility index (Phi) is 4.77. The normalized spacial score (nSPS) is 13.2. The molecule has 0 aliphatic heterocycles. The zero-order valence-corrected chi connectivity index (χ0v) is 17.0. The van der Waals surface area contributed by atoms with E-state index in [0.717, 1.165) is 19.0 Å². The third-order valence-corrected chi connectivity index (χ3v) is 5.05. The van der Waals surface area contributed by atoms with Gasteiger partial charge in [-0.15, -0.1) is 0 Å². The van der Waals surface area contributed by atoms with Crippen LogP contribution in [0.3, 0.4) is 0 Å². The molecule has 1 fully saturated rings. The molecule has 11 heteroatoms. The second-order valence-electron chi connectivity index (χ2n) is 7.37. The van der Waals surface area contributed by atoms with Gasteiger partial charge in [0.15, 0.2) is 5.65 Å². The van der Waals surface area contributed by atoms with E-state index in [1.165, 1.54) is 27.4 Å². The predicted octanol–water partition coefficient (Wildman–Crippen LogP) is 2.09. The monoisotopic (exact) mass is 434 g/mol. The third kappa shape index (κ3) is 3.64. The van der Waals surface area contributed by atoms with Gasteiger partial charge in [0.25, 0.3) is 11.5 Å². The van der Waals surface area contributed by atoms with Crippen LogP contribution in [0.4, 0.5) is 21.7 Å². The topological polar surface area (TPSA) is 118 Å². The summed E-state index contributed by atoms with van der Waals surface area (Å²) in [5.74, 6) is 0.493. The molecule has 5 rings (SSSR count). The molecular formula is C21H19FN8O2. The van der Waals surface area contributed by atoms with Crippen molar-refractivity contribution in [1.82, 2.24) is 29.5 Å². The lowest BCUT2D eigenvalue weighted by Crippen LogP contribution is -2.25. The molecule has 0 atom stereocenters. The maximum Gasteiger partial charge on any atom is 0.279 e. The van der Waals surface area contributed by atoms with Gasteiger partial charge in [0, 0.05) is 25.4 Å². The maximum absolute atomic E-state index is 13.2. The van der Waals surface area contributed by atoms with E-state index in [0.29, 0.717) is 22.8 Å². The molecule has 1 aliphatic carbocycles. The van der Waals surface area contributed by atoms with Crippen LogP contribution in [0, 0.1) is 5.82 Å². The zero-order valence-electron chi connectivity index (χ0n) is 17.0. The molecule has 162 valence electrons. The Bertz CT molecular complexity index is 1380. The third-order valence-electron chi connectivity index (χ3n) is 5.05. The number of halogens is 1. The standard InChI is InChI=1S/C21H19FN8O2/c1-23-18-9-16(28-19-14(11-25-30(18)19)20(31)26-13-5-6-13)27-15-3-2-8-29(21(15)32)17-7-4-12(22)10-24-17/h2-4,7-11,13,23H,5-6H2,1H3,(H,26,31)(H,27,28). The lowest BCUT2D eigenvalue weighted by Gasteiger charge is -2.11. The highest BCUT2D eigenvalue weighted by molar-refractivity contribution is 6.00. The summed E-state index contributed by atoms with van der Waals surface area (Å²) in [6, 6.07) is 7.79. The molecule has 0 radical (unpaired) electrons. The van der Waals surface area contributed by atoms with E-state index < -0.39 is 5.82 Å². The number of hydrogen-bond acceptors (Lipinski definition) is 7. The van der Waals surface area contributed by atoms with Crippen LogP contribution in [0.2, 0.25) is 0 Å². The second-order valence-corrected chi connectivity index (χ2v) is 7.37. The summed E-state index contributed by atoms with van der Waals surface area (Å²) in [5.41, 5.74) is 0.549. The Morgan fingerprint density at radius 1 is 1.22 bits per heavy atom. The first-order valence-corrected chi connectivity index (χ1v) is 10.0. The molecular weight excluding hydrogens is 415 g/mol. The Hall–Kier alpha value is -4.28. The average molecular weight is 434 g/mol. The van der Waals surface area contributed by atoms with Crippen molar-refractivity contribution < 1.29 is 9.18 Å². The van der Waals surface area contributed by atoms with Gasteiger partial charge in [-0.25, -0.2) is 14.4 Å². The van der Waals surface area contributed by atoms with E-state index in [2.05, 4.69) is 31.0 Å². The summed E-state index contributed by atoms with van der Waals surface area (Å²) in [7, 11) is 1.72. The lowest BCUT2D eigenvalue weighted by atomic mass is 10.3. The molecule has 32 heavy (non-hydrogen) atoms. The second kappa shape index (κ2) is 7.76. The highest BCUT2D eigenvalue weighted by Crippen LogP contribution is 2.23. The van der Waals surface area contributed by atoms with Crippen molar-refractivity contribution in [2.24, 2.45) is 0 Å². The first-order valence-electron chi connectivity index (χ1n) is 10.0. The van der Waals surface area contributed by atoms with Crippen molar-refractivity contribution in [3.8, 4) is 5.82 Å². The van der Waals surface area contributed by atoms with Gasteiger partial charge in [0.05, 0.1) is 12.4 Å². The van der Waals surface area contributed by atoms with E-state index in [4.69, 9.17) is 0 Å². The van der Waals surface area contributed by atoms with Crippen LogP contribution in [-0.4, -0.2) is 43.1 Å². The van der Waals surface area contributed by atoms with Crippen LogP contribution in [0.5, 0.6) is 0 Å². The van der Waals surface area contributed by atoms with Crippen LogP contribution < -0.4 is 21.5 Å². The highest BCUT2D eigenvalue weighted by atomic mass is 19.1. The fourth-order valence-corrected chi connectivity index (χ4v) is 3.27. The number of fused-ring (bicyclic) bond motifs is 1. The van der Waals surface area contributed by atoms with Crippen LogP contribution >= 0.6 is 0 Å². The quantitative estimate of drug-likeness (QED) is 0.425. The Morgan fingerprint density at radius 3 is 2.78 bits per heavy atom. The number of carbonyl (C=O) groups is 1. The number of anilines is 3. The Labute approximate surface area is 181 Å². The summed E-state index contributed by atoms with van der Waals surface area (Å²) in [6.45, 7) is 0. The van der Waals surface area contributed by atoms with Crippen molar-refractivity contribution >= 4 is 28.9 Å². The molecule has 4 heterocycles. The number of rotatable bonds is 6. The van der Waals surface area contributed by atoms with E-state index in [1.807, 2.05) is 0 Å². The number of pyridine rings is 2. The molecule has 1 aliphatic rings. The fraction of sp³-hybridized carbons (Fsp3) is 0.190. The Balaban J connectivity index is 1.52. The molecule has 3 N–H and O–H groups in total. The predicted molar refractivity (Wildman–Crippen MR) is 116 cm³/mol. The number of nitrogens with one attached hydrogen (secondary N) is 3. The highest BCUT2D eigenvalue weighted by Gasteiger charge is 2.26. The fourth-order valence-electron chi connectivity index (χ4n) is 3.27. The smallest absolute Gasteiger partial charge is 0.279 e. The minimum absolute atomic E-state index is 0.199. The SMILES string of the molecule is CNc1cc(Nc2cccn(-c3ccc(F)cn3)c2=O)nc2c(C(=O)NC3CC3)cnn12. The van der Waals surface area contributed by atoms with Gasteiger partial charge in [-0.05, 0) is 37.1 Å². The van der Waals surface area contributed by atoms with E-state index in [9.17, 15) is 14.0 Å². The molecule has 4 aromatic heterocycles. The summed E-state index contributed by atoms with van der Waals surface area (Å²) in [6.07, 6.45) is 6.00. The molecule has 10 nitrogen and oxygen atoms in total. The molecule has 0 saturated heterocycles. The summed E-state index contributed by atoms with van der Waals surface area (Å²) >= 11 is 0. The first-order chi connectivity index (χ1) is 15.5. The average Bonchev–Trinajstić information content (AvgIpc) is 3.50. The minimum atomic E-state index is -0.490. The summed E-state index contributed by atoms with van der Waals surface area (Å²) < 4.78 is 16.0. The molecule has 1 saturated carbocycles. The van der Waals surface area contributed by atoms with Gasteiger partial charge in [-0.3, -0.25) is 14.2 Å². The molecule has 0 bridgehead atoms. The number of amides is 1. The maximum atomic E-state index is 13.2. The van der Waals surface area contributed by atoms with Gasteiger partial charge >= 0.3 is 0 Å². The van der Waals surface area contributed by atoms with Gasteiger partial charge < -0.3 is 16.0 Å². The Morgan fingerprint density at radius 2 is 2.06 bits per heavy atom. The summed E-state index contributed by atoms with van der Waals surface area (Å²) in [5, 5.41) is 13.2. The van der Waals surface area contributed by atoms with Gasteiger partial charge in [-0.2, -0.15) is 9.61 Å². The van der Waals surface area contributed by atoms with Gasteiger partial charge in [0.1, 0.15) is 34.5 Å². The van der Waals surface area contributed by atoms with Crippen LogP contribution in [-0.2, 0) is 0 Å². The molecule has 1 amide bonds. The van der Waals surface area contributed by atoms with Crippen LogP contribution in [0.1, 0.15) is 23.2 Å². The van der Waals surface area contributed by atoms with Crippen LogP contribution in [0.15, 0.2) is 53.7 Å². The molecule has 0 unspecified atom stereocenters. The molecule has 0 aromatic carbocycles. The largest absolute Gasteiger partial charge is 0.373 e. The number of nitrogens with zero attached hydrogens (tertiary/aromatic N) is 5. The van der Waals surface area contributed by atoms with Crippen LogP contribution in [0.25, 0.3) is 11.5 Å². The van der Waals surface area contributed by atoms with Crippen molar-refractivity contribution in [2.75, 3.05) is 17.7 Å². The molecule has 4 aromatic rings. The number of aromatic nitrogens is 5. The van der Waals surface area contributed by atoms with Crippen molar-refractivity contribution in [3.63, 3.8) is 0 Å². The zero-order chi connectivity index (χ0) is 22.2. The minimum Gasteiger partial charge on any atom is -0.373 e. The van der Waals surface area contributed by atoms with E-state index in [1.54, 1.807) is 31.4 Å². The van der Waals surface area contributed by atoms with Crippen molar-refractivity contribution in [1.29, 1.82) is 0 Å². The van der Waals surface area contributed by atoms with E-state index >= 15 is 0 Å². The van der Waals surface area contributed by atoms with Gasteiger partial charge in [-0.1, -0.05) is 0 Å². The number of hydrogen-bond donors (Lipinski definition) is 3. The lowest BCUT2D eigenvalue weighted by molar-refractivity contribution is 0.0952. The van der Waals surface area contributed by atoms with Gasteiger partial charge in [0.2, 0.25) is 0 Å². The number of carbonyl (C=O) groups excluding carboxylic acids is 1. The summed E-state index contributed by atoms with van der Waals surface area (Å²) in [4.78, 5) is 34.0. The molecule has 0 spiro atoms.